The molecule has 0 N–H and O–H groups in total. The molecular weight excluding hydrogens is 696 g/mol. The van der Waals surface area contributed by atoms with Crippen LogP contribution in [-0.2, 0) is 0 Å². The molecule has 0 atom stereocenters. The normalized spacial score (nSPS) is 8.56. The topological polar surface area (TPSA) is 390 Å². The molecule has 0 amide bonds. The SMILES string of the molecule is Cc1cc(C)c(N=[N+]=[N-])c(N=[N+]=[N-])c1.Cc1cc(N=[N+]=[N-])c(C)c(N=[N+]=[N-])c1.Cc1cc(N=[N+]=[N-])cc(N=[N+]=[N-])c1.Cc1ccc(N=[N+]=[N-])c(N=[N+]=[N-])c1. The van der Waals surface area contributed by atoms with E-state index in [2.05, 4.69) is 80.2 Å². The Hall–Kier alpha value is -8.64. The fraction of sp³-hybridized carbons (Fsp3) is 0.200. The monoisotopic (exact) mass is 724 g/mol. The van der Waals surface area contributed by atoms with Crippen molar-refractivity contribution < 1.29 is 0 Å². The summed E-state index contributed by atoms with van der Waals surface area (Å²) in [5.41, 5.74) is 74.6. The second kappa shape index (κ2) is 23.7. The van der Waals surface area contributed by atoms with Gasteiger partial charge in [0.25, 0.3) is 0 Å². The number of hydrogen-bond donors (Lipinski definition) is 0. The van der Waals surface area contributed by atoms with Crippen LogP contribution in [0.5, 0.6) is 0 Å². The Morgan fingerprint density at radius 1 is 0.333 bits per heavy atom. The number of benzene rings is 4. The number of rotatable bonds is 8. The van der Waals surface area contributed by atoms with Gasteiger partial charge < -0.3 is 0 Å². The summed E-state index contributed by atoms with van der Waals surface area (Å²) in [5, 5.41) is 27.6. The highest BCUT2D eigenvalue weighted by Crippen LogP contribution is 2.33. The van der Waals surface area contributed by atoms with Crippen LogP contribution in [0.15, 0.2) is 102 Å². The molecule has 0 heterocycles. The lowest BCUT2D eigenvalue weighted by Gasteiger charge is -2.04. The van der Waals surface area contributed by atoms with Crippen LogP contribution in [-0.4, -0.2) is 0 Å². The molecule has 0 fully saturated rings. The summed E-state index contributed by atoms with van der Waals surface area (Å²) in [6.45, 7) is 10.9. The van der Waals surface area contributed by atoms with Crippen molar-refractivity contribution in [2.45, 2.75) is 41.5 Å². The molecule has 0 bridgehead atoms. The predicted molar refractivity (Wildman–Crippen MR) is 205 cm³/mol. The van der Waals surface area contributed by atoms with E-state index in [1.54, 1.807) is 62.4 Å². The smallest absolute Gasteiger partial charge is 0.0500 e. The van der Waals surface area contributed by atoms with Gasteiger partial charge in [0.2, 0.25) is 0 Å². The van der Waals surface area contributed by atoms with Crippen LogP contribution in [0.2, 0.25) is 0 Å². The molecule has 4 aromatic carbocycles. The molecule has 0 unspecified atom stereocenters. The van der Waals surface area contributed by atoms with Gasteiger partial charge in [-0.05, 0) is 139 Å². The van der Waals surface area contributed by atoms with Crippen molar-refractivity contribution in [2.24, 2.45) is 40.9 Å². The first-order valence-corrected chi connectivity index (χ1v) is 14.8. The molecule has 0 spiro atoms. The van der Waals surface area contributed by atoms with Gasteiger partial charge in [-0.15, -0.1) is 0 Å². The van der Waals surface area contributed by atoms with E-state index in [0.717, 1.165) is 27.8 Å². The van der Waals surface area contributed by atoms with Crippen molar-refractivity contribution >= 4 is 45.5 Å². The quantitative estimate of drug-likeness (QED) is 0.0928. The Morgan fingerprint density at radius 2 is 0.704 bits per heavy atom. The average molecular weight is 725 g/mol. The number of hydrogen-bond acceptors (Lipinski definition) is 8. The van der Waals surface area contributed by atoms with Gasteiger partial charge in [0.1, 0.15) is 0 Å². The molecule has 0 saturated carbocycles. The summed E-state index contributed by atoms with van der Waals surface area (Å²) < 4.78 is 0. The molecule has 4 rings (SSSR count). The van der Waals surface area contributed by atoms with E-state index in [9.17, 15) is 0 Å². The third-order valence-corrected chi connectivity index (χ3v) is 6.33. The van der Waals surface area contributed by atoms with Crippen LogP contribution in [0.4, 0.5) is 45.5 Å². The Kier molecular flexibility index (Phi) is 19.0. The van der Waals surface area contributed by atoms with E-state index >= 15 is 0 Å². The van der Waals surface area contributed by atoms with E-state index < -0.39 is 0 Å². The van der Waals surface area contributed by atoms with Gasteiger partial charge >= 0.3 is 0 Å². The first-order valence-electron chi connectivity index (χ1n) is 14.8. The molecule has 0 aliphatic heterocycles. The van der Waals surface area contributed by atoms with Crippen molar-refractivity contribution in [1.29, 1.82) is 0 Å². The van der Waals surface area contributed by atoms with E-state index in [0.29, 0.717) is 51.1 Å². The summed E-state index contributed by atoms with van der Waals surface area (Å²) in [5.74, 6) is 0. The van der Waals surface area contributed by atoms with Crippen molar-refractivity contribution in [3.05, 3.63) is 178 Å². The van der Waals surface area contributed by atoms with Crippen LogP contribution in [0.1, 0.15) is 33.4 Å². The third kappa shape index (κ3) is 14.9. The van der Waals surface area contributed by atoms with Crippen molar-refractivity contribution in [3.8, 4) is 0 Å². The Bertz CT molecular complexity index is 2320. The maximum absolute atomic E-state index is 8.33. The van der Waals surface area contributed by atoms with Crippen LogP contribution in [0.25, 0.3) is 83.5 Å². The Labute approximate surface area is 305 Å². The van der Waals surface area contributed by atoms with Gasteiger partial charge in [-0.1, -0.05) is 81.4 Å². The van der Waals surface area contributed by atoms with Crippen molar-refractivity contribution in [3.63, 3.8) is 0 Å². The minimum atomic E-state index is 0.339. The fourth-order valence-electron chi connectivity index (χ4n) is 4.22. The predicted octanol–water partition coefficient (Wildman–Crippen LogP) is 16.1. The highest BCUT2D eigenvalue weighted by atomic mass is 15.2. The van der Waals surface area contributed by atoms with Gasteiger partial charge in [-0.3, -0.25) is 0 Å². The minimum absolute atomic E-state index is 0.339. The lowest BCUT2D eigenvalue weighted by atomic mass is 10.1. The molecule has 0 radical (unpaired) electrons. The van der Waals surface area contributed by atoms with Gasteiger partial charge in [0.05, 0.1) is 0 Å². The van der Waals surface area contributed by atoms with Gasteiger partial charge in [-0.2, -0.15) is 0 Å². The molecule has 24 heteroatoms. The van der Waals surface area contributed by atoms with E-state index in [-0.39, 0.29) is 0 Å². The van der Waals surface area contributed by atoms with E-state index in [4.69, 9.17) is 44.2 Å². The lowest BCUT2D eigenvalue weighted by molar-refractivity contribution is 1.30. The van der Waals surface area contributed by atoms with Gasteiger partial charge in [0, 0.05) is 84.8 Å². The van der Waals surface area contributed by atoms with Crippen molar-refractivity contribution in [1.82, 2.24) is 0 Å². The summed E-state index contributed by atoms with van der Waals surface area (Å²) in [7, 11) is 0. The standard InChI is InChI=1S/2C8H8N6.2C7H6N6/c1-5-3-7(11-13-9)6(2)8(4-5)12-14-10;1-5-3-6(2)8(12-14-10)7(4-5)11-13-9;1-5-2-6(10-12-8)4-7(3-5)11-13-9;1-5-2-3-6(10-12-8)7(4-5)11-13-9/h2*3-4H,1-2H3;2*2-4H,1H3. The molecular formula is C30H28N24. The van der Waals surface area contributed by atoms with Gasteiger partial charge in [0.15, 0.2) is 0 Å². The second-order valence-electron chi connectivity index (χ2n) is 10.4. The zero-order valence-corrected chi connectivity index (χ0v) is 29.5. The summed E-state index contributed by atoms with van der Waals surface area (Å²) in [6, 6.07) is 17.0. The van der Waals surface area contributed by atoms with Crippen LogP contribution >= 0.6 is 0 Å². The Morgan fingerprint density at radius 3 is 1.19 bits per heavy atom. The first kappa shape index (κ1) is 43.4. The summed E-state index contributed by atoms with van der Waals surface area (Å²) in [6.07, 6.45) is 0. The zero-order valence-electron chi connectivity index (χ0n) is 29.5. The van der Waals surface area contributed by atoms with E-state index in [1.165, 1.54) is 6.07 Å². The number of azide groups is 8. The molecule has 0 aliphatic carbocycles. The molecule has 268 valence electrons. The fourth-order valence-corrected chi connectivity index (χ4v) is 4.22. The maximum atomic E-state index is 8.33. The van der Waals surface area contributed by atoms with Crippen LogP contribution < -0.4 is 0 Å². The lowest BCUT2D eigenvalue weighted by Crippen LogP contribution is -1.78. The van der Waals surface area contributed by atoms with E-state index in [1.807, 2.05) is 33.8 Å². The summed E-state index contributed by atoms with van der Waals surface area (Å²) in [4.78, 5) is 21.3. The molecule has 4 aromatic rings. The zero-order chi connectivity index (χ0) is 40.5. The molecule has 24 nitrogen and oxygen atoms in total. The van der Waals surface area contributed by atoms with Crippen LogP contribution in [0, 0.1) is 41.5 Å². The van der Waals surface area contributed by atoms with Crippen LogP contribution in [0.3, 0.4) is 0 Å². The summed E-state index contributed by atoms with van der Waals surface area (Å²) >= 11 is 0. The molecule has 54 heavy (non-hydrogen) atoms. The van der Waals surface area contributed by atoms with Gasteiger partial charge in [-0.25, -0.2) is 0 Å². The number of aryl methyl sites for hydroxylation is 5. The number of nitrogens with zero attached hydrogens (tertiary/aromatic N) is 24. The second-order valence-corrected chi connectivity index (χ2v) is 10.4. The molecule has 0 aliphatic rings. The molecule has 0 aromatic heterocycles. The largest absolute Gasteiger partial charge is 0.0608 e. The maximum Gasteiger partial charge on any atom is 0.0500 e. The first-order chi connectivity index (χ1) is 25.9. The average Bonchev–Trinajstić information content (AvgIpc) is 3.11. The highest BCUT2D eigenvalue weighted by Gasteiger charge is 2.04. The Balaban J connectivity index is 0.000000360. The highest BCUT2D eigenvalue weighted by molar-refractivity contribution is 5.67. The van der Waals surface area contributed by atoms with Crippen molar-refractivity contribution in [2.75, 3.05) is 0 Å². The minimum Gasteiger partial charge on any atom is -0.0608 e. The third-order valence-electron chi connectivity index (χ3n) is 6.33. The molecule has 0 saturated heterocycles.